The van der Waals surface area contributed by atoms with Crippen molar-refractivity contribution in [3.63, 3.8) is 0 Å². The van der Waals surface area contributed by atoms with Crippen molar-refractivity contribution < 1.29 is 92.1 Å². The van der Waals surface area contributed by atoms with Crippen LogP contribution in [0, 0.1) is 0 Å². The zero-order chi connectivity index (χ0) is 8.15. The van der Waals surface area contributed by atoms with Crippen molar-refractivity contribution in [3.8, 4) is 0 Å². The Kier molecular flexibility index (Phi) is 33.8. The van der Waals surface area contributed by atoms with Gasteiger partial charge in [-0.05, 0) is 0 Å². The number of carbonyl (C=O) groups excluding carboxylic acids is 3. The van der Waals surface area contributed by atoms with E-state index in [4.69, 9.17) is 0 Å². The summed E-state index contributed by atoms with van der Waals surface area (Å²) in [4.78, 5) is 30.2. The molecule has 0 aromatic carbocycles. The first-order chi connectivity index (χ1) is 4.52. The van der Waals surface area contributed by atoms with Gasteiger partial charge in [-0.1, -0.05) is 0 Å². The molecule has 0 heterocycles. The second kappa shape index (κ2) is 16.1. The first-order valence-corrected chi connectivity index (χ1v) is 2.43. The van der Waals surface area contributed by atoms with Gasteiger partial charge in [-0.3, -0.25) is 9.59 Å². The molecule has 0 aliphatic heterocycles. The Bertz CT molecular complexity index is 165. The van der Waals surface area contributed by atoms with Crippen molar-refractivity contribution in [3.05, 3.63) is 0 Å². The predicted molar refractivity (Wildman–Crippen MR) is 28.9 cm³/mol. The summed E-state index contributed by atoms with van der Waals surface area (Å²) in [7, 11) is 0. The molecule has 0 atom stereocenters. The van der Waals surface area contributed by atoms with Crippen LogP contribution in [0.25, 0.3) is 0 Å². The van der Waals surface area contributed by atoms with Crippen LogP contribution in [0.4, 0.5) is 4.79 Å². The van der Waals surface area contributed by atoms with Crippen LogP contribution in [0.3, 0.4) is 0 Å². The van der Waals surface area contributed by atoms with Crippen molar-refractivity contribution in [1.29, 1.82) is 0 Å². The molecule has 4 radical (unpaired) electrons. The molecule has 0 bridgehead atoms. The monoisotopic (exact) mass is 398 g/mol. The predicted octanol–water partition coefficient (Wildman–Crippen LogP) is 0.223. The Hall–Kier alpha value is 0.688. The molecule has 0 rings (SSSR count). The van der Waals surface area contributed by atoms with Gasteiger partial charge in [0.2, 0.25) is 0 Å². The minimum Gasteiger partial charge on any atom is -0.361 e. The molecule has 0 aliphatic carbocycles. The van der Waals surface area contributed by atoms with E-state index in [0.29, 0.717) is 0 Å². The Morgan fingerprint density at radius 2 is 0.929 bits per heavy atom. The third-order valence-electron chi connectivity index (χ3n) is 0.454. The summed E-state index contributed by atoms with van der Waals surface area (Å²) in [6.07, 6.45) is -1.29. The molecule has 0 aromatic rings. The average Bonchev–Trinajstić information content (AvgIpc) is 1.58. The molecule has 5 nitrogen and oxygen atoms in total. The fourth-order valence-corrected chi connectivity index (χ4v) is 0.256. The largest absolute Gasteiger partial charge is 0.524 e. The topological polar surface area (TPSA) is 69.7 Å². The van der Waals surface area contributed by atoms with Crippen LogP contribution in [-0.2, 0) is 87.3 Å². The van der Waals surface area contributed by atoms with Gasteiger partial charge in [0.05, 0.1) is 0 Å². The maximum Gasteiger partial charge on any atom is 0.524 e. The van der Waals surface area contributed by atoms with E-state index in [0.717, 1.165) is 13.8 Å². The molecule has 0 aliphatic rings. The van der Waals surface area contributed by atoms with Gasteiger partial charge in [-0.25, -0.2) is 4.79 Å². The molecule has 0 unspecified atom stereocenters. The zero-order valence-electron chi connectivity index (χ0n) is 6.75. The number of hydrogen-bond acceptors (Lipinski definition) is 5. The van der Waals surface area contributed by atoms with Gasteiger partial charge >= 0.3 is 18.1 Å². The van der Waals surface area contributed by atoms with Crippen molar-refractivity contribution in [1.82, 2.24) is 0 Å². The molecule has 0 aromatic heterocycles. The fraction of sp³-hybridized carbons (Fsp3) is 0.400. The van der Waals surface area contributed by atoms with Gasteiger partial charge < -0.3 is 9.47 Å². The molecule has 0 saturated carbocycles. The van der Waals surface area contributed by atoms with Crippen LogP contribution in [0.5, 0.6) is 0 Å². The van der Waals surface area contributed by atoms with Crippen LogP contribution >= 0.6 is 0 Å². The van der Waals surface area contributed by atoms with E-state index in [-0.39, 0.29) is 68.3 Å². The molecular formula is C5H6Cu4O5. The number of hydrogen-bond donors (Lipinski definition) is 0. The molecular weight excluding hydrogens is 394 g/mol. The Morgan fingerprint density at radius 1 is 0.714 bits per heavy atom. The molecule has 0 saturated heterocycles. The number of carbonyl (C=O) groups is 3. The third kappa shape index (κ3) is 23.0. The summed E-state index contributed by atoms with van der Waals surface area (Å²) in [6, 6.07) is 0. The second-order valence-corrected chi connectivity index (χ2v) is 1.44. The van der Waals surface area contributed by atoms with Crippen LogP contribution in [0.1, 0.15) is 13.8 Å². The minimum absolute atomic E-state index is 0. The molecule has 100 valence electrons. The summed E-state index contributed by atoms with van der Waals surface area (Å²) < 4.78 is 7.68. The van der Waals surface area contributed by atoms with Gasteiger partial charge in [0, 0.05) is 82.1 Å². The van der Waals surface area contributed by atoms with Crippen molar-refractivity contribution in [2.45, 2.75) is 13.8 Å². The summed E-state index contributed by atoms with van der Waals surface area (Å²) in [5, 5.41) is 0. The number of rotatable bonds is 0. The van der Waals surface area contributed by atoms with Gasteiger partial charge in [0.1, 0.15) is 0 Å². The Labute approximate surface area is 123 Å². The van der Waals surface area contributed by atoms with Gasteiger partial charge in [0.15, 0.2) is 0 Å². The smallest absolute Gasteiger partial charge is 0.361 e. The second-order valence-electron chi connectivity index (χ2n) is 1.44. The van der Waals surface area contributed by atoms with E-state index >= 15 is 0 Å². The molecule has 0 spiro atoms. The van der Waals surface area contributed by atoms with E-state index in [1.807, 2.05) is 0 Å². The Balaban J connectivity index is -0.0000000675. The van der Waals surface area contributed by atoms with Crippen molar-refractivity contribution >= 4 is 18.1 Å². The standard InChI is InChI=1S/C5H6O5.4Cu/c1-3(6)9-5(8)10-4(2)7;;;;/h1-2H3;;;;. The van der Waals surface area contributed by atoms with Crippen molar-refractivity contribution in [2.75, 3.05) is 0 Å². The van der Waals surface area contributed by atoms with Crippen LogP contribution in [-0.4, -0.2) is 18.1 Å². The maximum atomic E-state index is 10.2. The van der Waals surface area contributed by atoms with Gasteiger partial charge in [-0.15, -0.1) is 0 Å². The molecule has 0 N–H and O–H groups in total. The van der Waals surface area contributed by atoms with Crippen LogP contribution < -0.4 is 0 Å². The van der Waals surface area contributed by atoms with Crippen LogP contribution in [0.2, 0.25) is 0 Å². The maximum absolute atomic E-state index is 10.2. The quantitative estimate of drug-likeness (QED) is 0.331. The molecule has 14 heavy (non-hydrogen) atoms. The first kappa shape index (κ1) is 29.3. The van der Waals surface area contributed by atoms with E-state index in [1.54, 1.807) is 0 Å². The van der Waals surface area contributed by atoms with Crippen LogP contribution in [0.15, 0.2) is 0 Å². The zero-order valence-corrected chi connectivity index (χ0v) is 10.5. The fourth-order valence-electron chi connectivity index (χ4n) is 0.256. The molecule has 9 heteroatoms. The SMILES string of the molecule is CC(=O)OC(=O)OC(C)=O.[Cu].[Cu].[Cu].[Cu]. The molecule has 0 fully saturated rings. The van der Waals surface area contributed by atoms with E-state index in [1.165, 1.54) is 0 Å². The van der Waals surface area contributed by atoms with E-state index < -0.39 is 18.1 Å². The van der Waals surface area contributed by atoms with E-state index in [2.05, 4.69) is 9.47 Å². The summed E-state index contributed by atoms with van der Waals surface area (Å²) >= 11 is 0. The van der Waals surface area contributed by atoms with Gasteiger partial charge in [-0.2, -0.15) is 0 Å². The summed E-state index contributed by atoms with van der Waals surface area (Å²) in [6.45, 7) is 2.06. The normalized spacial score (nSPS) is 5.86. The minimum atomic E-state index is -1.29. The number of esters is 2. The van der Waals surface area contributed by atoms with Gasteiger partial charge in [0.25, 0.3) is 0 Å². The van der Waals surface area contributed by atoms with E-state index in [9.17, 15) is 14.4 Å². The Morgan fingerprint density at radius 3 is 1.07 bits per heavy atom. The molecule has 0 amide bonds. The summed E-state index contributed by atoms with van der Waals surface area (Å²) in [5.74, 6) is -1.63. The number of ether oxygens (including phenoxy) is 2. The third-order valence-corrected chi connectivity index (χ3v) is 0.454. The van der Waals surface area contributed by atoms with Crippen molar-refractivity contribution in [2.24, 2.45) is 0 Å². The summed E-state index contributed by atoms with van der Waals surface area (Å²) in [5.41, 5.74) is 0. The first-order valence-electron chi connectivity index (χ1n) is 2.43. The average molecular weight is 400 g/mol.